The summed E-state index contributed by atoms with van der Waals surface area (Å²) in [5.74, 6) is -0.279. The van der Waals surface area contributed by atoms with Crippen LogP contribution in [0.5, 0.6) is 0 Å². The molecule has 17 heavy (non-hydrogen) atoms. The van der Waals surface area contributed by atoms with Crippen molar-refractivity contribution in [1.82, 2.24) is 16.2 Å². The first-order chi connectivity index (χ1) is 7.83. The maximum absolute atomic E-state index is 11.7. The molecule has 0 aliphatic heterocycles. The molecule has 1 fully saturated rings. The first-order valence-corrected chi connectivity index (χ1v) is 6.21. The summed E-state index contributed by atoms with van der Waals surface area (Å²) in [6, 6.07) is 0. The molecule has 0 bridgehead atoms. The Morgan fingerprint density at radius 2 is 2.06 bits per heavy atom. The second-order valence-corrected chi connectivity index (χ2v) is 5.93. The van der Waals surface area contributed by atoms with Gasteiger partial charge in [0.25, 0.3) is 0 Å². The number of methoxy groups -OCH3 is 1. The standard InChI is InChI=1S/C9H15Cl2N3O2S/c1-8(5-9(8,10)11)6(15)13-14-7(17)12-3-4-16-2/h3-5H2,1-2H3,(H,13,15)(H2,12,14,17). The molecule has 1 unspecified atom stereocenters. The van der Waals surface area contributed by atoms with Crippen LogP contribution in [0.2, 0.25) is 0 Å². The normalized spacial score (nSPS) is 24.9. The van der Waals surface area contributed by atoms with E-state index in [1.165, 1.54) is 0 Å². The van der Waals surface area contributed by atoms with E-state index in [1.54, 1.807) is 14.0 Å². The van der Waals surface area contributed by atoms with Gasteiger partial charge in [0.1, 0.15) is 4.33 Å². The lowest BCUT2D eigenvalue weighted by Crippen LogP contribution is -2.50. The second kappa shape index (κ2) is 5.56. The summed E-state index contributed by atoms with van der Waals surface area (Å²) in [5, 5.41) is 3.16. The Labute approximate surface area is 116 Å². The zero-order valence-corrected chi connectivity index (χ0v) is 11.9. The molecule has 0 saturated heterocycles. The zero-order valence-electron chi connectivity index (χ0n) is 9.60. The summed E-state index contributed by atoms with van der Waals surface area (Å²) in [4.78, 5) is 11.7. The fourth-order valence-electron chi connectivity index (χ4n) is 1.21. The largest absolute Gasteiger partial charge is 0.383 e. The van der Waals surface area contributed by atoms with Gasteiger partial charge in [-0.2, -0.15) is 0 Å². The Morgan fingerprint density at radius 1 is 1.47 bits per heavy atom. The van der Waals surface area contributed by atoms with Crippen molar-refractivity contribution in [2.45, 2.75) is 17.7 Å². The van der Waals surface area contributed by atoms with E-state index in [-0.39, 0.29) is 5.91 Å². The Morgan fingerprint density at radius 3 is 2.53 bits per heavy atom. The molecule has 0 aromatic heterocycles. The minimum absolute atomic E-state index is 0.279. The quantitative estimate of drug-likeness (QED) is 0.309. The third-order valence-electron chi connectivity index (χ3n) is 2.64. The number of amides is 1. The van der Waals surface area contributed by atoms with Crippen molar-refractivity contribution >= 4 is 46.4 Å². The Hall–Kier alpha value is -0.300. The Kier molecular flexibility index (Phi) is 4.83. The molecule has 1 aliphatic carbocycles. The van der Waals surface area contributed by atoms with Crippen LogP contribution in [0, 0.1) is 5.41 Å². The minimum Gasteiger partial charge on any atom is -0.383 e. The molecular formula is C9H15Cl2N3O2S. The lowest BCUT2D eigenvalue weighted by atomic mass is 10.1. The monoisotopic (exact) mass is 299 g/mol. The lowest BCUT2D eigenvalue weighted by Gasteiger charge is -2.15. The molecule has 3 N–H and O–H groups in total. The predicted molar refractivity (Wildman–Crippen MR) is 70.9 cm³/mol. The number of rotatable bonds is 4. The van der Waals surface area contributed by atoms with Crippen LogP contribution in [0.25, 0.3) is 0 Å². The molecule has 0 radical (unpaired) electrons. The number of hydrogen-bond donors (Lipinski definition) is 3. The van der Waals surface area contributed by atoms with E-state index in [0.29, 0.717) is 24.7 Å². The molecule has 1 aliphatic rings. The van der Waals surface area contributed by atoms with Gasteiger partial charge >= 0.3 is 0 Å². The van der Waals surface area contributed by atoms with Gasteiger partial charge in [-0.3, -0.25) is 15.6 Å². The van der Waals surface area contributed by atoms with Crippen molar-refractivity contribution in [3.63, 3.8) is 0 Å². The molecule has 0 aromatic rings. The highest BCUT2D eigenvalue weighted by Crippen LogP contribution is 2.63. The van der Waals surface area contributed by atoms with Crippen LogP contribution >= 0.6 is 35.4 Å². The van der Waals surface area contributed by atoms with Crippen molar-refractivity contribution in [2.75, 3.05) is 20.3 Å². The molecule has 1 atom stereocenters. The van der Waals surface area contributed by atoms with E-state index < -0.39 is 9.75 Å². The van der Waals surface area contributed by atoms with Gasteiger partial charge in [0.05, 0.1) is 12.0 Å². The van der Waals surface area contributed by atoms with Crippen LogP contribution in [0.3, 0.4) is 0 Å². The van der Waals surface area contributed by atoms with Gasteiger partial charge in [0.2, 0.25) is 5.91 Å². The Bertz CT molecular complexity index is 327. The van der Waals surface area contributed by atoms with E-state index in [2.05, 4.69) is 16.2 Å². The number of hydrogen-bond acceptors (Lipinski definition) is 3. The summed E-state index contributed by atoms with van der Waals surface area (Å²) in [7, 11) is 1.59. The SMILES string of the molecule is COCCNC(=S)NNC(=O)C1(C)CC1(Cl)Cl. The van der Waals surface area contributed by atoms with E-state index in [4.69, 9.17) is 40.2 Å². The van der Waals surface area contributed by atoms with Gasteiger partial charge in [-0.25, -0.2) is 0 Å². The average molecular weight is 300 g/mol. The van der Waals surface area contributed by atoms with E-state index >= 15 is 0 Å². The number of hydrazine groups is 1. The fourth-order valence-corrected chi connectivity index (χ4v) is 2.07. The molecule has 1 saturated carbocycles. The molecule has 0 heterocycles. The molecule has 98 valence electrons. The maximum Gasteiger partial charge on any atom is 0.247 e. The van der Waals surface area contributed by atoms with Gasteiger partial charge < -0.3 is 10.1 Å². The highest BCUT2D eigenvalue weighted by Gasteiger charge is 2.68. The van der Waals surface area contributed by atoms with Crippen LogP contribution < -0.4 is 16.2 Å². The minimum atomic E-state index is -0.982. The Balaban J connectivity index is 2.23. The number of halogens is 2. The number of thiocarbonyl (C=S) groups is 1. The average Bonchev–Trinajstić information content (AvgIpc) is 2.76. The molecule has 0 aromatic carbocycles. The van der Waals surface area contributed by atoms with Gasteiger partial charge in [-0.1, -0.05) is 0 Å². The van der Waals surface area contributed by atoms with E-state index in [9.17, 15) is 4.79 Å². The van der Waals surface area contributed by atoms with Crippen molar-refractivity contribution in [2.24, 2.45) is 5.41 Å². The summed E-state index contributed by atoms with van der Waals surface area (Å²) in [6.07, 6.45) is 0.431. The number of carbonyl (C=O) groups excluding carboxylic acids is 1. The first kappa shape index (κ1) is 14.8. The number of nitrogens with one attached hydrogen (secondary N) is 3. The van der Waals surface area contributed by atoms with Crippen LogP contribution in [-0.2, 0) is 9.53 Å². The van der Waals surface area contributed by atoms with Gasteiger partial charge in [-0.15, -0.1) is 23.2 Å². The molecule has 8 heteroatoms. The summed E-state index contributed by atoms with van der Waals surface area (Å²) >= 11 is 16.7. The number of carbonyl (C=O) groups is 1. The summed E-state index contributed by atoms with van der Waals surface area (Å²) in [6.45, 7) is 2.79. The van der Waals surface area contributed by atoms with Crippen molar-refractivity contribution in [3.05, 3.63) is 0 Å². The van der Waals surface area contributed by atoms with Crippen LogP contribution in [0.1, 0.15) is 13.3 Å². The van der Waals surface area contributed by atoms with E-state index in [1.807, 2.05) is 0 Å². The van der Waals surface area contributed by atoms with Crippen molar-refractivity contribution in [1.29, 1.82) is 0 Å². The number of alkyl halides is 2. The van der Waals surface area contributed by atoms with Crippen LogP contribution in [-0.4, -0.2) is 35.6 Å². The van der Waals surface area contributed by atoms with Crippen molar-refractivity contribution in [3.8, 4) is 0 Å². The van der Waals surface area contributed by atoms with Gasteiger partial charge in [0.15, 0.2) is 5.11 Å². The molecule has 1 rings (SSSR count). The third kappa shape index (κ3) is 3.58. The zero-order chi connectivity index (χ0) is 13.1. The second-order valence-electron chi connectivity index (χ2n) is 4.04. The molecule has 5 nitrogen and oxygen atoms in total. The number of ether oxygens (including phenoxy) is 1. The highest BCUT2D eigenvalue weighted by atomic mass is 35.5. The molecular weight excluding hydrogens is 285 g/mol. The highest BCUT2D eigenvalue weighted by molar-refractivity contribution is 7.80. The first-order valence-electron chi connectivity index (χ1n) is 5.04. The van der Waals surface area contributed by atoms with Crippen LogP contribution in [0.15, 0.2) is 0 Å². The topological polar surface area (TPSA) is 62.4 Å². The van der Waals surface area contributed by atoms with Gasteiger partial charge in [-0.05, 0) is 25.6 Å². The molecule has 1 amide bonds. The lowest BCUT2D eigenvalue weighted by molar-refractivity contribution is -0.126. The third-order valence-corrected chi connectivity index (χ3v) is 3.99. The smallest absolute Gasteiger partial charge is 0.247 e. The maximum atomic E-state index is 11.7. The van der Waals surface area contributed by atoms with Gasteiger partial charge in [0, 0.05) is 13.7 Å². The molecule has 0 spiro atoms. The van der Waals surface area contributed by atoms with Crippen LogP contribution in [0.4, 0.5) is 0 Å². The van der Waals surface area contributed by atoms with Crippen molar-refractivity contribution < 1.29 is 9.53 Å². The summed E-state index contributed by atoms with van der Waals surface area (Å²) in [5.41, 5.74) is 4.28. The predicted octanol–water partition coefficient (Wildman–Crippen LogP) is 0.712. The van der Waals surface area contributed by atoms with E-state index in [0.717, 1.165) is 0 Å². The summed E-state index contributed by atoms with van der Waals surface area (Å²) < 4.78 is 3.85. The fraction of sp³-hybridized carbons (Fsp3) is 0.778.